The van der Waals surface area contributed by atoms with Crippen LogP contribution in [-0.2, 0) is 6.54 Å². The Morgan fingerprint density at radius 1 is 1.29 bits per heavy atom. The predicted molar refractivity (Wildman–Crippen MR) is 73.1 cm³/mol. The third kappa shape index (κ3) is 1.52. The number of hydrogen-bond donors (Lipinski definition) is 1. The third-order valence-corrected chi connectivity index (χ3v) is 3.80. The van der Waals surface area contributed by atoms with E-state index in [2.05, 4.69) is 22.5 Å². The summed E-state index contributed by atoms with van der Waals surface area (Å²) in [6.45, 7) is 3.02. The maximum absolute atomic E-state index is 5.98. The van der Waals surface area contributed by atoms with Crippen LogP contribution in [0.25, 0.3) is 21.7 Å². The number of fused-ring (bicyclic) bond motifs is 1. The van der Waals surface area contributed by atoms with E-state index in [0.717, 1.165) is 34.0 Å². The van der Waals surface area contributed by atoms with Crippen LogP contribution in [0.4, 0.5) is 5.69 Å². The number of aryl methyl sites for hydroxylation is 1. The average Bonchev–Trinajstić information content (AvgIpc) is 2.91. The number of hydrogen-bond acceptors (Lipinski definition) is 3. The molecule has 4 heteroatoms. The third-order valence-electron chi connectivity index (χ3n) is 2.87. The van der Waals surface area contributed by atoms with Crippen molar-refractivity contribution in [1.29, 1.82) is 0 Å². The Hall–Kier alpha value is -1.81. The summed E-state index contributed by atoms with van der Waals surface area (Å²) in [6, 6.07) is 10.1. The lowest BCUT2D eigenvalue weighted by molar-refractivity contribution is 0.798. The van der Waals surface area contributed by atoms with Crippen LogP contribution >= 0.6 is 11.3 Å². The number of rotatable bonds is 2. The number of imidazole rings is 1. The fraction of sp³-hybridized carbons (Fsp3) is 0.154. The second kappa shape index (κ2) is 3.89. The SMILES string of the molecule is CCn1c(-c2sccc2N)nc2ccccc21. The van der Waals surface area contributed by atoms with Gasteiger partial charge in [-0.05, 0) is 30.5 Å². The van der Waals surface area contributed by atoms with Crippen molar-refractivity contribution in [2.45, 2.75) is 13.5 Å². The summed E-state index contributed by atoms with van der Waals surface area (Å²) in [5.41, 5.74) is 8.97. The molecule has 0 fully saturated rings. The molecule has 0 atom stereocenters. The Kier molecular flexibility index (Phi) is 2.37. The highest BCUT2D eigenvalue weighted by Gasteiger charge is 2.14. The molecule has 0 aliphatic heterocycles. The van der Waals surface area contributed by atoms with Gasteiger partial charge in [-0.25, -0.2) is 4.98 Å². The Morgan fingerprint density at radius 3 is 2.82 bits per heavy atom. The van der Waals surface area contributed by atoms with Gasteiger partial charge in [-0.1, -0.05) is 12.1 Å². The molecule has 0 amide bonds. The van der Waals surface area contributed by atoms with Crippen LogP contribution < -0.4 is 5.73 Å². The molecule has 3 aromatic rings. The van der Waals surface area contributed by atoms with Gasteiger partial charge < -0.3 is 10.3 Å². The van der Waals surface area contributed by atoms with Crippen LogP contribution in [0.5, 0.6) is 0 Å². The molecule has 0 spiro atoms. The summed E-state index contributed by atoms with van der Waals surface area (Å²) >= 11 is 1.64. The van der Waals surface area contributed by atoms with Crippen molar-refractivity contribution in [3.63, 3.8) is 0 Å². The van der Waals surface area contributed by atoms with Gasteiger partial charge in [0.15, 0.2) is 5.82 Å². The zero-order valence-corrected chi connectivity index (χ0v) is 10.4. The molecule has 0 unspecified atom stereocenters. The van der Waals surface area contributed by atoms with Crippen LogP contribution in [-0.4, -0.2) is 9.55 Å². The van der Waals surface area contributed by atoms with Gasteiger partial charge in [0, 0.05) is 6.54 Å². The van der Waals surface area contributed by atoms with E-state index >= 15 is 0 Å². The highest BCUT2D eigenvalue weighted by molar-refractivity contribution is 7.14. The molecule has 0 saturated heterocycles. The molecule has 0 aliphatic carbocycles. The zero-order valence-electron chi connectivity index (χ0n) is 9.55. The number of aromatic nitrogens is 2. The molecular formula is C13H13N3S. The zero-order chi connectivity index (χ0) is 11.8. The summed E-state index contributed by atoms with van der Waals surface area (Å²) in [5.74, 6) is 0.973. The van der Waals surface area contributed by atoms with Gasteiger partial charge in [-0.3, -0.25) is 0 Å². The minimum absolute atomic E-state index is 0.806. The van der Waals surface area contributed by atoms with Gasteiger partial charge in [0.05, 0.1) is 21.6 Å². The van der Waals surface area contributed by atoms with Crippen LogP contribution in [0.2, 0.25) is 0 Å². The predicted octanol–water partition coefficient (Wildman–Crippen LogP) is 3.37. The van der Waals surface area contributed by atoms with E-state index in [9.17, 15) is 0 Å². The molecule has 0 saturated carbocycles. The first kappa shape index (κ1) is 10.4. The molecular weight excluding hydrogens is 230 g/mol. The molecule has 86 valence electrons. The smallest absolute Gasteiger partial charge is 0.153 e. The summed E-state index contributed by atoms with van der Waals surface area (Å²) in [7, 11) is 0. The lowest BCUT2D eigenvalue weighted by Gasteiger charge is -2.04. The number of nitrogens with zero attached hydrogens (tertiary/aromatic N) is 2. The average molecular weight is 243 g/mol. The number of para-hydroxylation sites is 2. The van der Waals surface area contributed by atoms with Crippen molar-refractivity contribution in [3.05, 3.63) is 35.7 Å². The molecule has 0 aliphatic rings. The van der Waals surface area contributed by atoms with Crippen LogP contribution in [0.1, 0.15) is 6.92 Å². The van der Waals surface area contributed by atoms with Gasteiger partial charge in [0.1, 0.15) is 0 Å². The number of thiophene rings is 1. The second-order valence-corrected chi connectivity index (χ2v) is 4.79. The number of nitrogens with two attached hydrogens (primary N) is 1. The minimum Gasteiger partial charge on any atom is -0.397 e. The molecule has 17 heavy (non-hydrogen) atoms. The van der Waals surface area contributed by atoms with Crippen molar-refractivity contribution >= 4 is 28.1 Å². The topological polar surface area (TPSA) is 43.8 Å². The lowest BCUT2D eigenvalue weighted by atomic mass is 10.3. The first-order valence-electron chi connectivity index (χ1n) is 5.60. The van der Waals surface area contributed by atoms with Crippen LogP contribution in [0.15, 0.2) is 35.7 Å². The van der Waals surface area contributed by atoms with Crippen LogP contribution in [0, 0.1) is 0 Å². The van der Waals surface area contributed by atoms with Crippen molar-refractivity contribution in [1.82, 2.24) is 9.55 Å². The van der Waals surface area contributed by atoms with Crippen molar-refractivity contribution in [3.8, 4) is 10.7 Å². The normalized spacial score (nSPS) is 11.1. The van der Waals surface area contributed by atoms with E-state index in [0.29, 0.717) is 0 Å². The summed E-state index contributed by atoms with van der Waals surface area (Å²) in [5, 5.41) is 2.00. The summed E-state index contributed by atoms with van der Waals surface area (Å²) in [4.78, 5) is 5.74. The van der Waals surface area contributed by atoms with E-state index in [1.165, 1.54) is 0 Å². The monoisotopic (exact) mass is 243 g/mol. The number of anilines is 1. The Morgan fingerprint density at radius 2 is 2.12 bits per heavy atom. The molecule has 2 aromatic heterocycles. The quantitative estimate of drug-likeness (QED) is 0.750. The minimum atomic E-state index is 0.806. The molecule has 0 bridgehead atoms. The van der Waals surface area contributed by atoms with Gasteiger partial charge in [-0.2, -0.15) is 0 Å². The highest BCUT2D eigenvalue weighted by Crippen LogP contribution is 2.33. The first-order valence-corrected chi connectivity index (χ1v) is 6.48. The van der Waals surface area contributed by atoms with E-state index < -0.39 is 0 Å². The van der Waals surface area contributed by atoms with Gasteiger partial charge in [-0.15, -0.1) is 11.3 Å². The molecule has 2 N–H and O–H groups in total. The van der Waals surface area contributed by atoms with Crippen molar-refractivity contribution in [2.24, 2.45) is 0 Å². The van der Waals surface area contributed by atoms with Crippen molar-refractivity contribution < 1.29 is 0 Å². The maximum Gasteiger partial charge on any atom is 0.153 e. The molecule has 1 aromatic carbocycles. The Labute approximate surface area is 104 Å². The summed E-state index contributed by atoms with van der Waals surface area (Å²) in [6.07, 6.45) is 0. The highest BCUT2D eigenvalue weighted by atomic mass is 32.1. The van der Waals surface area contributed by atoms with E-state index in [4.69, 9.17) is 5.73 Å². The lowest BCUT2D eigenvalue weighted by Crippen LogP contribution is -1.97. The Balaban J connectivity index is 2.33. The number of nitrogen functional groups attached to an aromatic ring is 1. The molecule has 3 rings (SSSR count). The molecule has 3 nitrogen and oxygen atoms in total. The van der Waals surface area contributed by atoms with Gasteiger partial charge in [0.2, 0.25) is 0 Å². The molecule has 2 heterocycles. The van der Waals surface area contributed by atoms with Gasteiger partial charge in [0.25, 0.3) is 0 Å². The first-order chi connectivity index (χ1) is 8.31. The Bertz CT molecular complexity index is 666. The van der Waals surface area contributed by atoms with Crippen LogP contribution in [0.3, 0.4) is 0 Å². The van der Waals surface area contributed by atoms with Crippen molar-refractivity contribution in [2.75, 3.05) is 5.73 Å². The van der Waals surface area contributed by atoms with E-state index in [1.807, 2.05) is 29.6 Å². The maximum atomic E-state index is 5.98. The second-order valence-electron chi connectivity index (χ2n) is 3.87. The van der Waals surface area contributed by atoms with E-state index in [-0.39, 0.29) is 0 Å². The fourth-order valence-electron chi connectivity index (χ4n) is 2.07. The largest absolute Gasteiger partial charge is 0.397 e. The van der Waals surface area contributed by atoms with Gasteiger partial charge >= 0.3 is 0 Å². The molecule has 0 radical (unpaired) electrons. The standard InChI is InChI=1S/C13H13N3S/c1-2-16-11-6-4-3-5-10(11)15-13(16)12-9(14)7-8-17-12/h3-8H,2,14H2,1H3. The summed E-state index contributed by atoms with van der Waals surface area (Å²) < 4.78 is 2.21. The van der Waals surface area contributed by atoms with E-state index in [1.54, 1.807) is 11.3 Å². The fourth-order valence-corrected chi connectivity index (χ4v) is 2.89. The number of benzene rings is 1.